The Balaban J connectivity index is 1.65. The molecule has 3 aromatic rings. The lowest BCUT2D eigenvalue weighted by Gasteiger charge is -2.18. The first-order valence-corrected chi connectivity index (χ1v) is 9.36. The highest BCUT2D eigenvalue weighted by Gasteiger charge is 2.36. The number of anilines is 1. The molecule has 1 saturated carbocycles. The Labute approximate surface area is 156 Å². The van der Waals surface area contributed by atoms with E-state index in [1.807, 2.05) is 25.4 Å². The van der Waals surface area contributed by atoms with Gasteiger partial charge in [-0.25, -0.2) is 4.39 Å². The number of nitrogens with one attached hydrogen (secondary N) is 1. The van der Waals surface area contributed by atoms with Crippen molar-refractivity contribution in [2.45, 2.75) is 31.7 Å². The predicted molar refractivity (Wildman–Crippen MR) is 102 cm³/mol. The molecule has 1 aliphatic carbocycles. The van der Waals surface area contributed by atoms with E-state index in [0.29, 0.717) is 22.3 Å². The number of amides is 1. The van der Waals surface area contributed by atoms with E-state index in [0.717, 1.165) is 35.3 Å². The molecule has 138 valence electrons. The van der Waals surface area contributed by atoms with Crippen LogP contribution >= 0.6 is 0 Å². The molecule has 2 aliphatic rings. The monoisotopic (exact) mass is 364 g/mol. The molecule has 1 amide bonds. The standard InChI is InChI=1S/C21H21FN4O/c1-26-10-13-8-16(23)17-18(19(13)25-26)21(27)24-20(17)15-9-14(22)7-6-12(15)5-4-11-2-3-11/h6-11,20H,2-5,23H2,1H3,(H,24,27). The normalized spacial score (nSPS) is 18.7. The fourth-order valence-electron chi connectivity index (χ4n) is 4.20. The summed E-state index contributed by atoms with van der Waals surface area (Å²) in [5.74, 6) is 0.273. The molecule has 27 heavy (non-hydrogen) atoms. The summed E-state index contributed by atoms with van der Waals surface area (Å²) in [5, 5.41) is 8.28. The highest BCUT2D eigenvalue weighted by atomic mass is 19.1. The Morgan fingerprint density at radius 2 is 2.15 bits per heavy atom. The lowest BCUT2D eigenvalue weighted by atomic mass is 9.90. The van der Waals surface area contributed by atoms with Crippen molar-refractivity contribution in [3.05, 3.63) is 58.5 Å². The number of rotatable bonds is 4. The van der Waals surface area contributed by atoms with E-state index >= 15 is 0 Å². The number of fused-ring (bicyclic) bond motifs is 3. The summed E-state index contributed by atoms with van der Waals surface area (Å²) in [6.45, 7) is 0. The van der Waals surface area contributed by atoms with E-state index in [1.54, 1.807) is 4.68 Å². The van der Waals surface area contributed by atoms with Crippen LogP contribution in [0.15, 0.2) is 30.5 Å². The van der Waals surface area contributed by atoms with Gasteiger partial charge >= 0.3 is 0 Å². The van der Waals surface area contributed by atoms with E-state index in [1.165, 1.54) is 25.0 Å². The van der Waals surface area contributed by atoms with Crippen molar-refractivity contribution in [2.24, 2.45) is 13.0 Å². The van der Waals surface area contributed by atoms with Gasteiger partial charge in [-0.15, -0.1) is 0 Å². The van der Waals surface area contributed by atoms with Crippen molar-refractivity contribution in [2.75, 3.05) is 5.73 Å². The van der Waals surface area contributed by atoms with Gasteiger partial charge in [0.25, 0.3) is 5.91 Å². The zero-order valence-electron chi connectivity index (χ0n) is 15.1. The van der Waals surface area contributed by atoms with Gasteiger partial charge < -0.3 is 11.1 Å². The van der Waals surface area contributed by atoms with Crippen LogP contribution in [-0.4, -0.2) is 15.7 Å². The van der Waals surface area contributed by atoms with Crippen LogP contribution in [0.3, 0.4) is 0 Å². The van der Waals surface area contributed by atoms with E-state index in [4.69, 9.17) is 5.73 Å². The molecule has 2 heterocycles. The van der Waals surface area contributed by atoms with Gasteiger partial charge in [0.1, 0.15) is 11.3 Å². The van der Waals surface area contributed by atoms with Crippen molar-refractivity contribution in [3.63, 3.8) is 0 Å². The van der Waals surface area contributed by atoms with Crippen LogP contribution < -0.4 is 11.1 Å². The number of hydrogen-bond donors (Lipinski definition) is 2. The van der Waals surface area contributed by atoms with Crippen LogP contribution in [-0.2, 0) is 13.5 Å². The van der Waals surface area contributed by atoms with Crippen molar-refractivity contribution in [3.8, 4) is 0 Å². The van der Waals surface area contributed by atoms with Crippen LogP contribution in [0, 0.1) is 11.7 Å². The summed E-state index contributed by atoms with van der Waals surface area (Å²) < 4.78 is 15.8. The van der Waals surface area contributed by atoms with Crippen molar-refractivity contribution in [1.82, 2.24) is 15.1 Å². The molecule has 0 saturated heterocycles. The molecule has 5 nitrogen and oxygen atoms in total. The molecule has 1 unspecified atom stereocenters. The van der Waals surface area contributed by atoms with Gasteiger partial charge in [0.15, 0.2) is 0 Å². The lowest BCUT2D eigenvalue weighted by Crippen LogP contribution is -2.21. The number of nitrogens with two attached hydrogens (primary N) is 1. The quantitative estimate of drug-likeness (QED) is 0.696. The van der Waals surface area contributed by atoms with E-state index in [-0.39, 0.29) is 11.7 Å². The molecule has 1 fully saturated rings. The number of carbonyl (C=O) groups is 1. The third kappa shape index (κ3) is 2.67. The highest BCUT2D eigenvalue weighted by molar-refractivity contribution is 6.11. The Bertz CT molecular complexity index is 1080. The van der Waals surface area contributed by atoms with E-state index in [2.05, 4.69) is 10.4 Å². The predicted octanol–water partition coefficient (Wildman–Crippen LogP) is 3.47. The van der Waals surface area contributed by atoms with Gasteiger partial charge in [0.05, 0.1) is 11.6 Å². The second kappa shape index (κ2) is 5.81. The minimum Gasteiger partial charge on any atom is -0.398 e. The maximum Gasteiger partial charge on any atom is 0.254 e. The third-order valence-electron chi connectivity index (χ3n) is 5.71. The van der Waals surface area contributed by atoms with Gasteiger partial charge in [-0.1, -0.05) is 18.9 Å². The summed E-state index contributed by atoms with van der Waals surface area (Å²) >= 11 is 0. The van der Waals surface area contributed by atoms with Crippen LogP contribution in [0.4, 0.5) is 10.1 Å². The number of benzene rings is 2. The molecule has 1 aliphatic heterocycles. The minimum absolute atomic E-state index is 0.205. The van der Waals surface area contributed by atoms with Crippen LogP contribution in [0.25, 0.3) is 10.9 Å². The number of aromatic nitrogens is 2. The van der Waals surface area contributed by atoms with Crippen LogP contribution in [0.2, 0.25) is 0 Å². The molecule has 0 bridgehead atoms. The summed E-state index contributed by atoms with van der Waals surface area (Å²) in [6.07, 6.45) is 6.39. The van der Waals surface area contributed by atoms with Crippen molar-refractivity contribution < 1.29 is 9.18 Å². The molecular formula is C21H21FN4O. The molecule has 0 spiro atoms. The molecule has 5 rings (SSSR count). The Kier molecular flexibility index (Phi) is 3.50. The minimum atomic E-state index is -0.441. The fourth-order valence-corrected chi connectivity index (χ4v) is 4.20. The Morgan fingerprint density at radius 1 is 1.33 bits per heavy atom. The second-order valence-electron chi connectivity index (χ2n) is 7.73. The van der Waals surface area contributed by atoms with Crippen LogP contribution in [0.1, 0.15) is 52.4 Å². The first-order chi connectivity index (χ1) is 13.0. The number of carbonyl (C=O) groups excluding carboxylic acids is 1. The molecule has 6 heteroatoms. The van der Waals surface area contributed by atoms with Gasteiger partial charge in [-0.3, -0.25) is 9.48 Å². The first-order valence-electron chi connectivity index (χ1n) is 9.36. The maximum atomic E-state index is 14.1. The Morgan fingerprint density at radius 3 is 2.93 bits per heavy atom. The molecule has 0 radical (unpaired) electrons. The summed E-state index contributed by atoms with van der Waals surface area (Å²) in [5.41, 5.74) is 10.6. The van der Waals surface area contributed by atoms with Gasteiger partial charge in [-0.2, -0.15) is 5.10 Å². The summed E-state index contributed by atoms with van der Waals surface area (Å²) in [7, 11) is 1.81. The van der Waals surface area contributed by atoms with Crippen molar-refractivity contribution >= 4 is 22.5 Å². The molecule has 1 aromatic heterocycles. The molecule has 3 N–H and O–H groups in total. The summed E-state index contributed by atoms with van der Waals surface area (Å²) in [4.78, 5) is 12.8. The maximum absolute atomic E-state index is 14.1. The number of halogens is 1. The largest absolute Gasteiger partial charge is 0.398 e. The average molecular weight is 364 g/mol. The zero-order valence-corrected chi connectivity index (χ0v) is 15.1. The van der Waals surface area contributed by atoms with Gasteiger partial charge in [0.2, 0.25) is 0 Å². The number of nitrogen functional groups attached to an aromatic ring is 1. The molecule has 2 aromatic carbocycles. The second-order valence-corrected chi connectivity index (χ2v) is 7.73. The highest BCUT2D eigenvalue weighted by Crippen LogP contribution is 2.41. The zero-order chi connectivity index (χ0) is 18.7. The number of aryl methyl sites for hydroxylation is 2. The molecular weight excluding hydrogens is 343 g/mol. The number of nitrogens with zero attached hydrogens (tertiary/aromatic N) is 2. The van der Waals surface area contributed by atoms with E-state index < -0.39 is 6.04 Å². The van der Waals surface area contributed by atoms with Gasteiger partial charge in [0, 0.05) is 29.9 Å². The molecule has 1 atom stereocenters. The average Bonchev–Trinajstić information content (AvgIpc) is 3.28. The fraction of sp³-hybridized carbons (Fsp3) is 0.333. The van der Waals surface area contributed by atoms with E-state index in [9.17, 15) is 9.18 Å². The first kappa shape index (κ1) is 16.3. The SMILES string of the molecule is Cn1cc2cc(N)c3c(c2n1)C(=O)NC3c1cc(F)ccc1CCC1CC1. The van der Waals surface area contributed by atoms with Crippen LogP contribution in [0.5, 0.6) is 0 Å². The topological polar surface area (TPSA) is 72.9 Å². The van der Waals surface area contributed by atoms with Gasteiger partial charge in [-0.05, 0) is 48.1 Å². The third-order valence-corrected chi connectivity index (χ3v) is 5.71. The Hall–Kier alpha value is -2.89. The smallest absolute Gasteiger partial charge is 0.254 e. The number of hydrogen-bond acceptors (Lipinski definition) is 3. The lowest BCUT2D eigenvalue weighted by molar-refractivity contribution is 0.0961. The summed E-state index contributed by atoms with van der Waals surface area (Å²) in [6, 6.07) is 6.27. The van der Waals surface area contributed by atoms with Crippen molar-refractivity contribution in [1.29, 1.82) is 0 Å².